The van der Waals surface area contributed by atoms with Crippen molar-refractivity contribution < 1.29 is 30.9 Å². The summed E-state index contributed by atoms with van der Waals surface area (Å²) in [6.45, 7) is 19.5. The van der Waals surface area contributed by atoms with Crippen LogP contribution in [-0.4, -0.2) is 14.7 Å². The number of para-hydroxylation sites is 1. The molecular formula is C38H44HfN3O-. The molecular weight excluding hydrogens is 693 g/mol. The number of nitrogens with zero attached hydrogens (tertiary/aromatic N) is 3. The van der Waals surface area contributed by atoms with Gasteiger partial charge in [0.15, 0.2) is 0 Å². The number of aromatic hydroxyl groups is 1. The molecule has 5 aromatic rings. The zero-order valence-electron chi connectivity index (χ0n) is 27.3. The molecule has 222 valence electrons. The molecule has 0 aliphatic rings. The number of hydrogen-bond donors (Lipinski definition) is 1. The van der Waals surface area contributed by atoms with E-state index in [-0.39, 0.29) is 31.3 Å². The number of benzene rings is 4. The van der Waals surface area contributed by atoms with Crippen molar-refractivity contribution in [3.63, 3.8) is 0 Å². The van der Waals surface area contributed by atoms with Gasteiger partial charge in [-0.1, -0.05) is 120 Å². The molecule has 0 saturated carbocycles. The molecule has 1 aromatic heterocycles. The summed E-state index contributed by atoms with van der Waals surface area (Å²) in [4.78, 5) is 5.27. The molecule has 0 atom stereocenters. The summed E-state index contributed by atoms with van der Waals surface area (Å²) in [7, 11) is 2.07. The topological polar surface area (TPSA) is 52.2 Å². The molecule has 5 heteroatoms. The number of fused-ring (bicyclic) bond motifs is 1. The second-order valence-electron chi connectivity index (χ2n) is 13.4. The first-order chi connectivity index (χ1) is 19.8. The minimum atomic E-state index is -0.188. The summed E-state index contributed by atoms with van der Waals surface area (Å²) in [6.07, 6.45) is 0. The Morgan fingerprint density at radius 2 is 1.35 bits per heavy atom. The van der Waals surface area contributed by atoms with Crippen molar-refractivity contribution >= 4 is 22.4 Å². The van der Waals surface area contributed by atoms with E-state index in [1.54, 1.807) is 0 Å². The van der Waals surface area contributed by atoms with Crippen molar-refractivity contribution in [1.82, 2.24) is 9.55 Å². The van der Waals surface area contributed by atoms with Gasteiger partial charge in [0.25, 0.3) is 0 Å². The molecule has 1 heterocycles. The summed E-state index contributed by atoms with van der Waals surface area (Å²) in [5, 5.41) is 16.9. The van der Waals surface area contributed by atoms with E-state index >= 15 is 0 Å². The number of aryl methyl sites for hydroxylation is 3. The number of phenols is 1. The Balaban J connectivity index is 0.00000423. The van der Waals surface area contributed by atoms with Crippen LogP contribution in [0.25, 0.3) is 38.9 Å². The fourth-order valence-corrected chi connectivity index (χ4v) is 5.96. The van der Waals surface area contributed by atoms with Gasteiger partial charge in [0.05, 0.1) is 11.0 Å². The summed E-state index contributed by atoms with van der Waals surface area (Å²) >= 11 is 0. The van der Waals surface area contributed by atoms with Crippen molar-refractivity contribution in [2.24, 2.45) is 7.05 Å². The van der Waals surface area contributed by atoms with E-state index in [2.05, 4.69) is 129 Å². The normalized spacial score (nSPS) is 11.8. The van der Waals surface area contributed by atoms with Crippen molar-refractivity contribution in [3.8, 4) is 28.3 Å². The van der Waals surface area contributed by atoms with Crippen LogP contribution in [0.4, 0.5) is 11.4 Å². The maximum absolute atomic E-state index is 11.5. The largest absolute Gasteiger partial charge is 0.656 e. The minimum absolute atomic E-state index is 0. The SMILES string of the molecule is Cc1cc(-c2ccccc2-c2nc3c([N-]c4c(C(C)C)cccc4C(C)C)cc(C)cc3n2C)c(O)c(C(C)(C)C)c1.[Hf]. The van der Waals surface area contributed by atoms with Crippen LogP contribution in [0.2, 0.25) is 0 Å². The monoisotopic (exact) mass is 738 g/mol. The third-order valence-electron chi connectivity index (χ3n) is 8.21. The Hall–Kier alpha value is -3.18. The van der Waals surface area contributed by atoms with Gasteiger partial charge in [0.1, 0.15) is 11.6 Å². The zero-order valence-corrected chi connectivity index (χ0v) is 30.9. The average molecular weight is 737 g/mol. The van der Waals surface area contributed by atoms with Crippen LogP contribution >= 0.6 is 0 Å². The number of aromatic nitrogens is 2. The Morgan fingerprint density at radius 1 is 0.767 bits per heavy atom. The van der Waals surface area contributed by atoms with Crippen LogP contribution in [0.15, 0.2) is 66.7 Å². The fraction of sp³-hybridized carbons (Fsp3) is 0.342. The molecule has 4 nitrogen and oxygen atoms in total. The molecule has 0 unspecified atom stereocenters. The van der Waals surface area contributed by atoms with Crippen LogP contribution in [-0.2, 0) is 38.3 Å². The van der Waals surface area contributed by atoms with Gasteiger partial charge in [-0.15, -0.1) is 11.4 Å². The van der Waals surface area contributed by atoms with Gasteiger partial charge >= 0.3 is 0 Å². The molecule has 5 rings (SSSR count). The summed E-state index contributed by atoms with van der Waals surface area (Å²) < 4.78 is 2.16. The van der Waals surface area contributed by atoms with Gasteiger partial charge in [-0.3, -0.25) is 0 Å². The van der Waals surface area contributed by atoms with Gasteiger partial charge < -0.3 is 15.0 Å². The molecule has 43 heavy (non-hydrogen) atoms. The molecule has 0 saturated heterocycles. The Bertz CT molecular complexity index is 1760. The third-order valence-corrected chi connectivity index (χ3v) is 8.21. The fourth-order valence-electron chi connectivity index (χ4n) is 5.96. The van der Waals surface area contributed by atoms with E-state index in [1.165, 1.54) is 11.1 Å². The summed E-state index contributed by atoms with van der Waals surface area (Å²) in [5.74, 6) is 1.89. The molecule has 0 radical (unpaired) electrons. The third kappa shape index (κ3) is 6.24. The molecule has 0 amide bonds. The van der Waals surface area contributed by atoms with Crippen LogP contribution < -0.4 is 0 Å². The number of hydrogen-bond acceptors (Lipinski definition) is 2. The Morgan fingerprint density at radius 3 is 1.93 bits per heavy atom. The van der Waals surface area contributed by atoms with Crippen LogP contribution in [0.1, 0.15) is 88.1 Å². The molecule has 0 aliphatic carbocycles. The second kappa shape index (κ2) is 12.4. The predicted molar refractivity (Wildman–Crippen MR) is 179 cm³/mol. The number of phenolic OH excluding ortho intramolecular Hbond substituents is 1. The van der Waals surface area contributed by atoms with Gasteiger partial charge in [-0.2, -0.15) is 0 Å². The van der Waals surface area contributed by atoms with E-state index in [4.69, 9.17) is 10.3 Å². The van der Waals surface area contributed by atoms with Crippen molar-refractivity contribution in [1.29, 1.82) is 0 Å². The molecule has 0 fully saturated rings. The molecule has 0 bridgehead atoms. The summed E-state index contributed by atoms with van der Waals surface area (Å²) in [6, 6.07) is 23.3. The zero-order chi connectivity index (χ0) is 30.5. The van der Waals surface area contributed by atoms with Crippen molar-refractivity contribution in [3.05, 3.63) is 99.9 Å². The van der Waals surface area contributed by atoms with E-state index in [0.717, 1.165) is 61.6 Å². The maximum Gasteiger partial charge on any atom is 0.141 e. The van der Waals surface area contributed by atoms with Crippen molar-refractivity contribution in [2.75, 3.05) is 0 Å². The quantitative estimate of drug-likeness (QED) is 0.177. The molecule has 0 spiro atoms. The number of imidazole rings is 1. The first-order valence-corrected chi connectivity index (χ1v) is 15.0. The second-order valence-corrected chi connectivity index (χ2v) is 13.4. The predicted octanol–water partition coefficient (Wildman–Crippen LogP) is 11.1. The first kappa shape index (κ1) is 32.7. The maximum atomic E-state index is 11.5. The van der Waals surface area contributed by atoms with E-state index in [9.17, 15) is 5.11 Å². The standard InChI is InChI=1S/C38H44N3O.Hf/c1-22(2)26-16-13-17-27(23(3)4)34(26)39-32-20-25(6)21-33-35(32)40-37(41(33)10)29-15-12-11-14-28(29)30-18-24(5)19-31(36(30)42)38(7,8)9;/h11-23H,1-10H3,(H,40,42);/q-1;. The molecule has 0 aliphatic heterocycles. The van der Waals surface area contributed by atoms with E-state index in [0.29, 0.717) is 17.6 Å². The van der Waals surface area contributed by atoms with Gasteiger partial charge in [-0.25, -0.2) is 4.98 Å². The van der Waals surface area contributed by atoms with Gasteiger partial charge in [-0.05, 0) is 54.4 Å². The first-order valence-electron chi connectivity index (χ1n) is 15.0. The smallest absolute Gasteiger partial charge is 0.141 e. The van der Waals surface area contributed by atoms with Crippen LogP contribution in [0.5, 0.6) is 5.75 Å². The van der Waals surface area contributed by atoms with Crippen LogP contribution in [0, 0.1) is 13.8 Å². The Labute approximate surface area is 276 Å². The summed E-state index contributed by atoms with van der Waals surface area (Å²) in [5.41, 5.74) is 12.1. The van der Waals surface area contributed by atoms with Crippen LogP contribution in [0.3, 0.4) is 0 Å². The van der Waals surface area contributed by atoms with Gasteiger partial charge in [0.2, 0.25) is 0 Å². The van der Waals surface area contributed by atoms with E-state index in [1.807, 2.05) is 12.1 Å². The number of rotatable bonds is 6. The average Bonchev–Trinajstić information content (AvgIpc) is 3.25. The minimum Gasteiger partial charge on any atom is -0.656 e. The van der Waals surface area contributed by atoms with E-state index < -0.39 is 0 Å². The van der Waals surface area contributed by atoms with Crippen molar-refractivity contribution in [2.45, 2.75) is 79.6 Å². The molecule has 1 N–H and O–H groups in total. The van der Waals surface area contributed by atoms with Gasteiger partial charge in [0, 0.05) is 49.6 Å². The Kier molecular flexibility index (Phi) is 9.47. The molecule has 4 aromatic carbocycles.